The zero-order valence-corrected chi connectivity index (χ0v) is 30.4. The molecule has 0 bridgehead atoms. The van der Waals surface area contributed by atoms with Crippen LogP contribution >= 0.6 is 24.0 Å². The molecule has 13 heteroatoms. The molecule has 3 N–H and O–H groups in total. The van der Waals surface area contributed by atoms with Gasteiger partial charge < -0.3 is 29.5 Å². The summed E-state index contributed by atoms with van der Waals surface area (Å²) >= 11 is 7.09. The number of amidine groups is 1. The van der Waals surface area contributed by atoms with Gasteiger partial charge >= 0.3 is 5.97 Å². The number of aryl methyl sites for hydroxylation is 1. The van der Waals surface area contributed by atoms with Gasteiger partial charge in [-0.2, -0.15) is 16.7 Å². The van der Waals surface area contributed by atoms with Crippen LogP contribution in [0.5, 0.6) is 11.5 Å². The molecule has 0 aliphatic carbocycles. The monoisotopic (exact) mass is 671 g/mol. The molecule has 0 saturated heterocycles. The van der Waals surface area contributed by atoms with Gasteiger partial charge in [0.2, 0.25) is 5.89 Å². The van der Waals surface area contributed by atoms with Crippen molar-refractivity contribution in [3.05, 3.63) is 70.4 Å². The van der Waals surface area contributed by atoms with Crippen LogP contribution < -0.4 is 20.2 Å². The maximum atomic E-state index is 13.2. The SMILES string of the molecule is COC(=O)c1c(C)c(OC)cc(O[Si](C)(C)C(C)(C)C(C)C)c1CSC[C@H](NC(=S)/N=C(/N)c1ccccc1)c1nc(C)no1. The number of nitrogens with two attached hydrogens (primary N) is 1. The lowest BCUT2D eigenvalue weighted by Crippen LogP contribution is -2.48. The summed E-state index contributed by atoms with van der Waals surface area (Å²) < 4.78 is 23.3. The second-order valence-electron chi connectivity index (χ2n) is 12.1. The minimum absolute atomic E-state index is 0.0659. The van der Waals surface area contributed by atoms with Crippen molar-refractivity contribution in [1.29, 1.82) is 0 Å². The molecule has 0 amide bonds. The highest BCUT2D eigenvalue weighted by Gasteiger charge is 2.45. The van der Waals surface area contributed by atoms with Crippen LogP contribution in [0.2, 0.25) is 18.1 Å². The summed E-state index contributed by atoms with van der Waals surface area (Å²) in [6.45, 7) is 16.9. The summed E-state index contributed by atoms with van der Waals surface area (Å²) in [6.07, 6.45) is 0. The smallest absolute Gasteiger partial charge is 0.338 e. The number of hydrogen-bond donors (Lipinski definition) is 2. The lowest BCUT2D eigenvalue weighted by molar-refractivity contribution is 0.0598. The first-order valence-electron chi connectivity index (χ1n) is 14.7. The van der Waals surface area contributed by atoms with Crippen LogP contribution in [0.15, 0.2) is 45.9 Å². The molecule has 0 saturated carbocycles. The molecule has 244 valence electrons. The van der Waals surface area contributed by atoms with Crippen molar-refractivity contribution >= 4 is 49.2 Å². The average molecular weight is 672 g/mol. The molecule has 0 unspecified atom stereocenters. The molecule has 3 aromatic rings. The van der Waals surface area contributed by atoms with E-state index in [-0.39, 0.29) is 16.0 Å². The molecular weight excluding hydrogens is 627 g/mol. The zero-order valence-electron chi connectivity index (χ0n) is 27.8. The third-order valence-electron chi connectivity index (χ3n) is 8.54. The van der Waals surface area contributed by atoms with E-state index < -0.39 is 20.3 Å². The summed E-state index contributed by atoms with van der Waals surface area (Å²) in [4.78, 5) is 22.0. The minimum atomic E-state index is -2.37. The lowest BCUT2D eigenvalue weighted by atomic mass is 9.99. The fourth-order valence-electron chi connectivity index (χ4n) is 4.59. The van der Waals surface area contributed by atoms with Gasteiger partial charge in [0.1, 0.15) is 23.4 Å². The standard InChI is InChI=1S/C32H45N5O5S2Si/c1-19(2)32(5,6)45(9,10)42-26-16-25(39-7)20(3)27(30(38)40-8)23(26)17-44-18-24(29-34-21(4)37-41-29)35-31(43)36-28(33)22-14-12-11-13-15-22/h11-16,19,24H,17-18H2,1-10H3,(H3,33,35,36,43)/t24-/m0/s1. The Hall–Kier alpha value is -3.42. The first-order valence-corrected chi connectivity index (χ1v) is 19.2. The molecule has 0 fully saturated rings. The first kappa shape index (κ1) is 36.0. The highest BCUT2D eigenvalue weighted by atomic mass is 32.2. The van der Waals surface area contributed by atoms with Crippen LogP contribution in [0.4, 0.5) is 0 Å². The summed E-state index contributed by atoms with van der Waals surface area (Å²) in [5, 5.41) is 7.28. The Morgan fingerprint density at radius 3 is 2.40 bits per heavy atom. The largest absolute Gasteiger partial charge is 0.543 e. The number of aliphatic imine (C=N–C) groups is 1. The average Bonchev–Trinajstić information content (AvgIpc) is 3.43. The summed E-state index contributed by atoms with van der Waals surface area (Å²) in [5.74, 6) is 3.12. The number of thioether (sulfide) groups is 1. The summed E-state index contributed by atoms with van der Waals surface area (Å²) in [7, 11) is 0.589. The van der Waals surface area contributed by atoms with E-state index in [4.69, 9.17) is 36.4 Å². The number of carbonyl (C=O) groups excluding carboxylic acids is 1. The van der Waals surface area contributed by atoms with E-state index in [0.29, 0.717) is 51.8 Å². The van der Waals surface area contributed by atoms with E-state index in [0.717, 1.165) is 11.1 Å². The van der Waals surface area contributed by atoms with E-state index in [1.165, 1.54) is 7.11 Å². The van der Waals surface area contributed by atoms with Gasteiger partial charge in [0, 0.05) is 34.3 Å². The predicted molar refractivity (Wildman–Crippen MR) is 187 cm³/mol. The van der Waals surface area contributed by atoms with Crippen molar-refractivity contribution in [2.24, 2.45) is 16.6 Å². The van der Waals surface area contributed by atoms with Crippen LogP contribution in [0.3, 0.4) is 0 Å². The molecule has 1 aromatic heterocycles. The van der Waals surface area contributed by atoms with E-state index >= 15 is 0 Å². The van der Waals surface area contributed by atoms with Crippen LogP contribution in [-0.4, -0.2) is 55.3 Å². The van der Waals surface area contributed by atoms with Gasteiger partial charge in [0.25, 0.3) is 8.32 Å². The maximum Gasteiger partial charge on any atom is 0.338 e. The fraction of sp³-hybridized carbons (Fsp3) is 0.469. The molecule has 2 aromatic carbocycles. The van der Waals surface area contributed by atoms with Crippen LogP contribution in [0, 0.1) is 19.8 Å². The topological polar surface area (TPSA) is 134 Å². The number of esters is 1. The maximum absolute atomic E-state index is 13.2. The van der Waals surface area contributed by atoms with Gasteiger partial charge in [-0.3, -0.25) is 0 Å². The normalized spacial score (nSPS) is 13.0. The van der Waals surface area contributed by atoms with Crippen molar-refractivity contribution in [2.75, 3.05) is 20.0 Å². The Bertz CT molecular complexity index is 1530. The number of thiocarbonyl (C=S) groups is 1. The Labute approximate surface area is 277 Å². The predicted octanol–water partition coefficient (Wildman–Crippen LogP) is 6.76. The Kier molecular flexibility index (Phi) is 12.2. The van der Waals surface area contributed by atoms with Crippen molar-refractivity contribution in [3.63, 3.8) is 0 Å². The Balaban J connectivity index is 1.96. The fourth-order valence-corrected chi connectivity index (χ4v) is 8.28. The van der Waals surface area contributed by atoms with E-state index in [1.54, 1.807) is 25.8 Å². The number of ether oxygens (including phenoxy) is 2. The van der Waals surface area contributed by atoms with Gasteiger partial charge in [-0.25, -0.2) is 9.79 Å². The lowest BCUT2D eigenvalue weighted by Gasteiger charge is -2.43. The van der Waals surface area contributed by atoms with Crippen molar-refractivity contribution in [2.45, 2.75) is 71.5 Å². The minimum Gasteiger partial charge on any atom is -0.543 e. The third-order valence-corrected chi connectivity index (χ3v) is 14.2. The second-order valence-corrected chi connectivity index (χ2v) is 18.0. The second kappa shape index (κ2) is 15.2. The molecule has 10 nitrogen and oxygen atoms in total. The Morgan fingerprint density at radius 1 is 1.18 bits per heavy atom. The summed E-state index contributed by atoms with van der Waals surface area (Å²) in [6, 6.07) is 10.8. The van der Waals surface area contributed by atoms with Crippen LogP contribution in [-0.2, 0) is 10.5 Å². The van der Waals surface area contributed by atoms with E-state index in [9.17, 15) is 4.79 Å². The first-order chi connectivity index (χ1) is 21.1. The molecule has 0 spiro atoms. The van der Waals surface area contributed by atoms with Gasteiger partial charge in [-0.1, -0.05) is 63.2 Å². The van der Waals surface area contributed by atoms with Crippen LogP contribution in [0.25, 0.3) is 0 Å². The van der Waals surface area contributed by atoms with E-state index in [2.05, 4.69) is 61.2 Å². The third kappa shape index (κ3) is 8.64. The summed E-state index contributed by atoms with van der Waals surface area (Å²) in [5.41, 5.74) is 8.81. The van der Waals surface area contributed by atoms with Crippen molar-refractivity contribution in [1.82, 2.24) is 15.5 Å². The molecule has 0 aliphatic rings. The number of carbonyl (C=O) groups is 1. The number of aromatic nitrogens is 2. The molecule has 0 radical (unpaired) electrons. The van der Waals surface area contributed by atoms with Gasteiger partial charge in [0.15, 0.2) is 10.9 Å². The quantitative estimate of drug-likeness (QED) is 0.0657. The van der Waals surface area contributed by atoms with E-state index in [1.807, 2.05) is 43.3 Å². The Morgan fingerprint density at radius 2 is 1.84 bits per heavy atom. The number of nitrogens with zero attached hydrogens (tertiary/aromatic N) is 3. The molecular formula is C32H45N5O5S2Si. The van der Waals surface area contributed by atoms with Gasteiger partial charge in [-0.15, -0.1) is 0 Å². The van der Waals surface area contributed by atoms with Gasteiger partial charge in [0.05, 0.1) is 19.8 Å². The number of methoxy groups -OCH3 is 2. The highest BCUT2D eigenvalue weighted by Crippen LogP contribution is 2.47. The van der Waals surface area contributed by atoms with Crippen molar-refractivity contribution in [3.8, 4) is 11.5 Å². The zero-order chi connectivity index (χ0) is 33.5. The van der Waals surface area contributed by atoms with Crippen molar-refractivity contribution < 1.29 is 23.2 Å². The highest BCUT2D eigenvalue weighted by molar-refractivity contribution is 7.98. The number of benzene rings is 2. The molecule has 3 rings (SSSR count). The molecule has 1 heterocycles. The number of hydrogen-bond acceptors (Lipinski definition) is 9. The van der Waals surface area contributed by atoms with Crippen LogP contribution in [0.1, 0.15) is 72.5 Å². The molecule has 45 heavy (non-hydrogen) atoms. The van der Waals surface area contributed by atoms with Gasteiger partial charge in [-0.05, 0) is 50.1 Å². The number of nitrogens with one attached hydrogen (secondary N) is 1. The molecule has 0 aliphatic heterocycles. The number of rotatable bonds is 13. The molecule has 1 atom stereocenters.